The van der Waals surface area contributed by atoms with Gasteiger partial charge in [-0.2, -0.15) is 8.78 Å². The third-order valence-corrected chi connectivity index (χ3v) is 3.11. The fourth-order valence-corrected chi connectivity index (χ4v) is 1.87. The van der Waals surface area contributed by atoms with E-state index in [-0.39, 0.29) is 11.3 Å². The fraction of sp³-hybridized carbons (Fsp3) is 0.188. The standard InChI is InChI=1S/C16H15F2NO2/c1-10-7-8-12(9-11(10)2)19-15(20)13-5-3-4-6-14(13)21-16(17)18/h3-9,16H,1-2H3,(H,19,20). The summed E-state index contributed by atoms with van der Waals surface area (Å²) in [6.45, 7) is 0.923. The summed E-state index contributed by atoms with van der Waals surface area (Å²) in [5, 5.41) is 2.68. The van der Waals surface area contributed by atoms with E-state index in [1.54, 1.807) is 12.1 Å². The molecule has 110 valence electrons. The molecule has 1 amide bonds. The number of para-hydroxylation sites is 1. The highest BCUT2D eigenvalue weighted by Crippen LogP contribution is 2.22. The quantitative estimate of drug-likeness (QED) is 0.918. The first-order valence-electron chi connectivity index (χ1n) is 6.40. The van der Waals surface area contributed by atoms with Gasteiger partial charge in [-0.25, -0.2) is 0 Å². The molecule has 0 unspecified atom stereocenters. The molecule has 0 saturated heterocycles. The number of hydrogen-bond acceptors (Lipinski definition) is 2. The Morgan fingerprint density at radius 1 is 1.10 bits per heavy atom. The van der Waals surface area contributed by atoms with Crippen LogP contribution in [0.1, 0.15) is 21.5 Å². The van der Waals surface area contributed by atoms with Crippen molar-refractivity contribution in [3.63, 3.8) is 0 Å². The molecule has 2 aromatic carbocycles. The van der Waals surface area contributed by atoms with Gasteiger partial charge in [0.25, 0.3) is 5.91 Å². The molecule has 0 saturated carbocycles. The van der Waals surface area contributed by atoms with Gasteiger partial charge in [0.1, 0.15) is 5.75 Å². The average Bonchev–Trinajstić information content (AvgIpc) is 2.43. The lowest BCUT2D eigenvalue weighted by Gasteiger charge is -2.11. The Balaban J connectivity index is 2.22. The van der Waals surface area contributed by atoms with Crippen molar-refractivity contribution in [1.29, 1.82) is 0 Å². The van der Waals surface area contributed by atoms with E-state index in [1.807, 2.05) is 26.0 Å². The van der Waals surface area contributed by atoms with E-state index in [4.69, 9.17) is 0 Å². The number of aryl methyl sites for hydroxylation is 2. The molecule has 0 atom stereocenters. The van der Waals surface area contributed by atoms with Gasteiger partial charge >= 0.3 is 6.61 Å². The molecule has 0 heterocycles. The molecule has 0 spiro atoms. The van der Waals surface area contributed by atoms with Crippen LogP contribution in [0.5, 0.6) is 5.75 Å². The average molecular weight is 291 g/mol. The number of benzene rings is 2. The minimum Gasteiger partial charge on any atom is -0.434 e. The lowest BCUT2D eigenvalue weighted by atomic mass is 10.1. The van der Waals surface area contributed by atoms with Crippen molar-refractivity contribution in [2.75, 3.05) is 5.32 Å². The van der Waals surface area contributed by atoms with Crippen molar-refractivity contribution in [2.24, 2.45) is 0 Å². The minimum absolute atomic E-state index is 0.0658. The zero-order valence-electron chi connectivity index (χ0n) is 11.7. The number of hydrogen-bond donors (Lipinski definition) is 1. The number of carbonyl (C=O) groups is 1. The number of alkyl halides is 2. The number of halogens is 2. The Morgan fingerprint density at radius 3 is 2.48 bits per heavy atom. The smallest absolute Gasteiger partial charge is 0.387 e. The first kappa shape index (κ1) is 15.0. The molecule has 2 rings (SSSR count). The molecule has 0 radical (unpaired) electrons. The molecule has 5 heteroatoms. The highest BCUT2D eigenvalue weighted by atomic mass is 19.3. The maximum absolute atomic E-state index is 12.3. The van der Waals surface area contributed by atoms with Crippen LogP contribution < -0.4 is 10.1 Å². The fourth-order valence-electron chi connectivity index (χ4n) is 1.87. The largest absolute Gasteiger partial charge is 0.434 e. The molecule has 0 aliphatic rings. The van der Waals surface area contributed by atoms with Gasteiger partial charge in [0.15, 0.2) is 0 Å². The van der Waals surface area contributed by atoms with Gasteiger partial charge in [0.05, 0.1) is 5.56 Å². The van der Waals surface area contributed by atoms with Crippen LogP contribution in [0.2, 0.25) is 0 Å². The summed E-state index contributed by atoms with van der Waals surface area (Å²) in [5.41, 5.74) is 2.81. The van der Waals surface area contributed by atoms with E-state index in [0.717, 1.165) is 11.1 Å². The van der Waals surface area contributed by atoms with E-state index >= 15 is 0 Å². The van der Waals surface area contributed by atoms with Gasteiger partial charge in [0.2, 0.25) is 0 Å². The lowest BCUT2D eigenvalue weighted by molar-refractivity contribution is -0.0501. The second kappa shape index (κ2) is 6.35. The molecular weight excluding hydrogens is 276 g/mol. The zero-order valence-corrected chi connectivity index (χ0v) is 11.7. The number of amides is 1. The molecule has 0 bridgehead atoms. The number of ether oxygens (including phenoxy) is 1. The SMILES string of the molecule is Cc1ccc(NC(=O)c2ccccc2OC(F)F)cc1C. The van der Waals surface area contributed by atoms with Gasteiger partial charge < -0.3 is 10.1 Å². The predicted octanol–water partition coefficient (Wildman–Crippen LogP) is 4.16. The minimum atomic E-state index is -2.97. The Hall–Kier alpha value is -2.43. The van der Waals surface area contributed by atoms with Crippen molar-refractivity contribution < 1.29 is 18.3 Å². The molecule has 1 N–H and O–H groups in total. The summed E-state index contributed by atoms with van der Waals surface area (Å²) >= 11 is 0. The molecule has 2 aromatic rings. The highest BCUT2D eigenvalue weighted by Gasteiger charge is 2.15. The van der Waals surface area contributed by atoms with Gasteiger partial charge in [-0.05, 0) is 49.2 Å². The van der Waals surface area contributed by atoms with E-state index in [1.165, 1.54) is 18.2 Å². The third-order valence-electron chi connectivity index (χ3n) is 3.11. The number of carbonyl (C=O) groups excluding carboxylic acids is 1. The van der Waals surface area contributed by atoms with Crippen LogP contribution in [0.4, 0.5) is 14.5 Å². The van der Waals surface area contributed by atoms with Crippen molar-refractivity contribution in [1.82, 2.24) is 0 Å². The first-order valence-corrected chi connectivity index (χ1v) is 6.40. The van der Waals surface area contributed by atoms with Gasteiger partial charge in [-0.3, -0.25) is 4.79 Å². The molecule has 21 heavy (non-hydrogen) atoms. The third kappa shape index (κ3) is 3.78. The van der Waals surface area contributed by atoms with Crippen molar-refractivity contribution in [3.8, 4) is 5.75 Å². The summed E-state index contributed by atoms with van der Waals surface area (Å²) in [6, 6.07) is 11.4. The second-order valence-electron chi connectivity index (χ2n) is 4.63. The maximum atomic E-state index is 12.3. The first-order chi connectivity index (χ1) is 9.97. The van der Waals surface area contributed by atoms with E-state index in [9.17, 15) is 13.6 Å². The Kier molecular flexibility index (Phi) is 4.52. The summed E-state index contributed by atoms with van der Waals surface area (Å²) in [7, 11) is 0. The van der Waals surface area contributed by atoms with Crippen molar-refractivity contribution in [3.05, 3.63) is 59.2 Å². The van der Waals surface area contributed by atoms with Gasteiger partial charge in [0, 0.05) is 5.69 Å². The summed E-state index contributed by atoms with van der Waals surface area (Å²) in [4.78, 5) is 12.2. The second-order valence-corrected chi connectivity index (χ2v) is 4.63. The number of anilines is 1. The van der Waals surface area contributed by atoms with Crippen LogP contribution in [0, 0.1) is 13.8 Å². The Bertz CT molecular complexity index is 656. The van der Waals surface area contributed by atoms with E-state index in [0.29, 0.717) is 5.69 Å². The predicted molar refractivity (Wildman–Crippen MR) is 76.9 cm³/mol. The highest BCUT2D eigenvalue weighted by molar-refractivity contribution is 6.06. The summed E-state index contributed by atoms with van der Waals surface area (Å²) in [6.07, 6.45) is 0. The van der Waals surface area contributed by atoms with Crippen LogP contribution >= 0.6 is 0 Å². The zero-order chi connectivity index (χ0) is 15.4. The van der Waals surface area contributed by atoms with Crippen molar-refractivity contribution >= 4 is 11.6 Å². The topological polar surface area (TPSA) is 38.3 Å². The van der Waals surface area contributed by atoms with Crippen LogP contribution in [-0.4, -0.2) is 12.5 Å². The molecule has 0 fully saturated rings. The monoisotopic (exact) mass is 291 g/mol. The molecular formula is C16H15F2NO2. The number of nitrogens with one attached hydrogen (secondary N) is 1. The van der Waals surface area contributed by atoms with Crippen LogP contribution in [0.25, 0.3) is 0 Å². The number of rotatable bonds is 4. The van der Waals surface area contributed by atoms with Crippen LogP contribution in [-0.2, 0) is 0 Å². The van der Waals surface area contributed by atoms with E-state index < -0.39 is 12.5 Å². The molecule has 3 nitrogen and oxygen atoms in total. The van der Waals surface area contributed by atoms with Crippen LogP contribution in [0.3, 0.4) is 0 Å². The molecule has 0 aliphatic carbocycles. The van der Waals surface area contributed by atoms with Gasteiger partial charge in [-0.15, -0.1) is 0 Å². The normalized spacial score (nSPS) is 10.5. The maximum Gasteiger partial charge on any atom is 0.387 e. The van der Waals surface area contributed by atoms with Crippen molar-refractivity contribution in [2.45, 2.75) is 20.5 Å². The molecule has 0 aliphatic heterocycles. The summed E-state index contributed by atoms with van der Waals surface area (Å²) in [5.74, 6) is -0.636. The Morgan fingerprint density at radius 2 is 1.81 bits per heavy atom. The lowest BCUT2D eigenvalue weighted by Crippen LogP contribution is -2.15. The van der Waals surface area contributed by atoms with E-state index in [2.05, 4.69) is 10.1 Å². The molecule has 0 aromatic heterocycles. The summed E-state index contributed by atoms with van der Waals surface area (Å²) < 4.78 is 29.0. The Labute approximate surface area is 121 Å². The van der Waals surface area contributed by atoms with Gasteiger partial charge in [-0.1, -0.05) is 18.2 Å². The van der Waals surface area contributed by atoms with Crippen LogP contribution in [0.15, 0.2) is 42.5 Å².